The summed E-state index contributed by atoms with van der Waals surface area (Å²) in [6.45, 7) is 2.93. The van der Waals surface area contributed by atoms with Crippen LogP contribution < -0.4 is 0 Å². The zero-order chi connectivity index (χ0) is 18.7. The molecule has 0 amide bonds. The average Bonchev–Trinajstić information content (AvgIpc) is 2.85. The summed E-state index contributed by atoms with van der Waals surface area (Å²) in [6.07, 6.45) is 26.8. The molecule has 0 N–H and O–H groups in total. The topological polar surface area (TPSA) is 26.3 Å². The van der Waals surface area contributed by atoms with Gasteiger partial charge in [0.1, 0.15) is 0 Å². The van der Waals surface area contributed by atoms with Crippen molar-refractivity contribution in [3.8, 4) is 0 Å². The molecule has 1 rings (SSSR count). The zero-order valence-electron chi connectivity index (χ0n) is 17.7. The molecule has 1 heterocycles. The number of esters is 1. The summed E-state index contributed by atoms with van der Waals surface area (Å²) in [4.78, 5) is 11.8. The summed E-state index contributed by atoms with van der Waals surface area (Å²) in [5.74, 6) is 0.271. The molecule has 0 bridgehead atoms. The van der Waals surface area contributed by atoms with Gasteiger partial charge in [-0.3, -0.25) is 4.79 Å². The Bertz CT molecular complexity index is 313. The largest absolute Gasteiger partial charge is 0.465 e. The van der Waals surface area contributed by atoms with Crippen LogP contribution >= 0.6 is 0 Å². The Morgan fingerprint density at radius 2 is 1.15 bits per heavy atom. The van der Waals surface area contributed by atoms with Crippen LogP contribution in [0.4, 0.5) is 0 Å². The van der Waals surface area contributed by atoms with E-state index in [9.17, 15) is 4.79 Å². The predicted molar refractivity (Wildman–Crippen MR) is 112 cm³/mol. The number of carbonyl (C=O) groups is 1. The quantitative estimate of drug-likeness (QED) is 0.193. The highest BCUT2D eigenvalue weighted by molar-refractivity contribution is 5.72. The van der Waals surface area contributed by atoms with Crippen molar-refractivity contribution in [2.24, 2.45) is 5.92 Å². The maximum atomic E-state index is 11.8. The van der Waals surface area contributed by atoms with Crippen LogP contribution in [0.15, 0.2) is 0 Å². The van der Waals surface area contributed by atoms with Gasteiger partial charge in [0.25, 0.3) is 0 Å². The van der Waals surface area contributed by atoms with E-state index in [-0.39, 0.29) is 11.9 Å². The predicted octanol–water partition coefficient (Wildman–Crippen LogP) is 7.98. The molecule has 0 radical (unpaired) electrons. The minimum Gasteiger partial charge on any atom is -0.465 e. The fraction of sp³-hybridized carbons (Fsp3) is 0.958. The molecular weight excluding hydrogens is 320 g/mol. The Kier molecular flexibility index (Phi) is 16.2. The van der Waals surface area contributed by atoms with Gasteiger partial charge in [-0.2, -0.15) is 0 Å². The van der Waals surface area contributed by atoms with Gasteiger partial charge in [-0.05, 0) is 25.7 Å². The maximum Gasteiger partial charge on any atom is 0.308 e. The Morgan fingerprint density at radius 3 is 1.65 bits per heavy atom. The highest BCUT2D eigenvalue weighted by atomic mass is 16.5. The summed E-state index contributed by atoms with van der Waals surface area (Å²) in [5.41, 5.74) is 0. The van der Waals surface area contributed by atoms with E-state index in [1.807, 2.05) is 0 Å². The van der Waals surface area contributed by atoms with Gasteiger partial charge >= 0.3 is 5.97 Å². The molecular formula is C24H46O2. The van der Waals surface area contributed by atoms with Gasteiger partial charge in [0.05, 0.1) is 12.5 Å². The summed E-state index contributed by atoms with van der Waals surface area (Å²) >= 11 is 0. The number of carbonyl (C=O) groups excluding carboxylic acids is 1. The van der Waals surface area contributed by atoms with Crippen LogP contribution in [0.3, 0.4) is 0 Å². The molecule has 154 valence electrons. The fourth-order valence-electron chi connectivity index (χ4n) is 4.10. The third kappa shape index (κ3) is 13.6. The lowest BCUT2D eigenvalue weighted by Gasteiger charge is -2.11. The molecule has 1 fully saturated rings. The summed E-state index contributed by atoms with van der Waals surface area (Å²) in [5, 5.41) is 0. The van der Waals surface area contributed by atoms with E-state index in [1.165, 1.54) is 103 Å². The van der Waals surface area contributed by atoms with Crippen LogP contribution in [0.2, 0.25) is 0 Å². The van der Waals surface area contributed by atoms with Crippen molar-refractivity contribution in [1.29, 1.82) is 0 Å². The molecule has 1 saturated heterocycles. The first kappa shape index (κ1) is 23.5. The second-order valence-corrected chi connectivity index (χ2v) is 8.45. The normalized spacial score (nSPS) is 17.9. The molecule has 2 nitrogen and oxygen atoms in total. The van der Waals surface area contributed by atoms with Crippen LogP contribution in [0.5, 0.6) is 0 Å². The van der Waals surface area contributed by atoms with E-state index in [2.05, 4.69) is 6.92 Å². The Hall–Kier alpha value is -0.530. The number of cyclic esters (lactones) is 1. The summed E-state index contributed by atoms with van der Waals surface area (Å²) < 4.78 is 5.26. The van der Waals surface area contributed by atoms with Gasteiger partial charge in [-0.1, -0.05) is 110 Å². The van der Waals surface area contributed by atoms with Crippen LogP contribution in [-0.2, 0) is 9.53 Å². The van der Waals surface area contributed by atoms with Gasteiger partial charge < -0.3 is 4.74 Å². The summed E-state index contributed by atoms with van der Waals surface area (Å²) in [7, 11) is 0. The lowest BCUT2D eigenvalue weighted by molar-refractivity contribution is -0.147. The van der Waals surface area contributed by atoms with Crippen LogP contribution in [0.25, 0.3) is 0 Å². The third-order valence-corrected chi connectivity index (χ3v) is 5.93. The van der Waals surface area contributed by atoms with E-state index in [0.29, 0.717) is 6.61 Å². The lowest BCUT2D eigenvalue weighted by atomic mass is 9.95. The first-order valence-corrected chi connectivity index (χ1v) is 12.0. The lowest BCUT2D eigenvalue weighted by Crippen LogP contribution is -2.15. The first-order chi connectivity index (χ1) is 12.8. The molecule has 1 aliphatic rings. The molecule has 0 aromatic rings. The second kappa shape index (κ2) is 17.9. The second-order valence-electron chi connectivity index (χ2n) is 8.45. The van der Waals surface area contributed by atoms with Crippen molar-refractivity contribution in [2.75, 3.05) is 6.61 Å². The Balaban J connectivity index is 1.75. The molecule has 0 spiro atoms. The Labute approximate surface area is 163 Å². The monoisotopic (exact) mass is 366 g/mol. The van der Waals surface area contributed by atoms with E-state index < -0.39 is 0 Å². The van der Waals surface area contributed by atoms with E-state index in [0.717, 1.165) is 25.7 Å². The molecule has 1 atom stereocenters. The maximum absolute atomic E-state index is 11.8. The number of hydrogen-bond acceptors (Lipinski definition) is 2. The standard InChI is InChI=1S/C24H46O2/c1-2-3-4-5-6-7-8-9-10-11-12-13-14-15-16-17-20-23-21-18-19-22-26-24(23)25/h23H,2-22H2,1H3. The van der Waals surface area contributed by atoms with Crippen molar-refractivity contribution in [2.45, 2.75) is 135 Å². The molecule has 0 saturated carbocycles. The average molecular weight is 367 g/mol. The van der Waals surface area contributed by atoms with Gasteiger partial charge in [0, 0.05) is 0 Å². The van der Waals surface area contributed by atoms with Gasteiger partial charge in [0.15, 0.2) is 0 Å². The van der Waals surface area contributed by atoms with Crippen molar-refractivity contribution in [1.82, 2.24) is 0 Å². The number of unbranched alkanes of at least 4 members (excludes halogenated alkanes) is 15. The highest BCUT2D eigenvalue weighted by Gasteiger charge is 2.21. The van der Waals surface area contributed by atoms with Crippen LogP contribution in [0.1, 0.15) is 135 Å². The molecule has 0 aromatic carbocycles. The van der Waals surface area contributed by atoms with E-state index >= 15 is 0 Å². The SMILES string of the molecule is CCCCCCCCCCCCCCCCCCC1CCCCOC1=O. The molecule has 0 aromatic heterocycles. The molecule has 0 aliphatic carbocycles. The molecule has 26 heavy (non-hydrogen) atoms. The minimum atomic E-state index is 0.0726. The summed E-state index contributed by atoms with van der Waals surface area (Å²) in [6, 6.07) is 0. The zero-order valence-corrected chi connectivity index (χ0v) is 17.7. The van der Waals surface area contributed by atoms with Crippen LogP contribution in [0, 0.1) is 5.92 Å². The number of hydrogen-bond donors (Lipinski definition) is 0. The highest BCUT2D eigenvalue weighted by Crippen LogP contribution is 2.22. The first-order valence-electron chi connectivity index (χ1n) is 12.0. The fourth-order valence-corrected chi connectivity index (χ4v) is 4.10. The third-order valence-electron chi connectivity index (χ3n) is 5.93. The van der Waals surface area contributed by atoms with Crippen molar-refractivity contribution in [3.63, 3.8) is 0 Å². The number of ether oxygens (including phenoxy) is 1. The minimum absolute atomic E-state index is 0.0726. The van der Waals surface area contributed by atoms with E-state index in [4.69, 9.17) is 4.74 Å². The van der Waals surface area contributed by atoms with Crippen molar-refractivity contribution >= 4 is 5.97 Å². The van der Waals surface area contributed by atoms with Gasteiger partial charge in [0.2, 0.25) is 0 Å². The molecule has 1 aliphatic heterocycles. The molecule has 1 unspecified atom stereocenters. The van der Waals surface area contributed by atoms with Crippen LogP contribution in [-0.4, -0.2) is 12.6 Å². The van der Waals surface area contributed by atoms with Crippen molar-refractivity contribution < 1.29 is 9.53 Å². The van der Waals surface area contributed by atoms with Crippen molar-refractivity contribution in [3.05, 3.63) is 0 Å². The van der Waals surface area contributed by atoms with Gasteiger partial charge in [-0.25, -0.2) is 0 Å². The number of rotatable bonds is 17. The molecule has 2 heteroatoms. The smallest absolute Gasteiger partial charge is 0.308 e. The Morgan fingerprint density at radius 1 is 0.692 bits per heavy atom. The van der Waals surface area contributed by atoms with E-state index in [1.54, 1.807) is 0 Å². The van der Waals surface area contributed by atoms with Gasteiger partial charge in [-0.15, -0.1) is 0 Å².